The molecular weight excluding hydrogens is 504 g/mol. The van der Waals surface area contributed by atoms with Crippen LogP contribution in [-0.4, -0.2) is 28.4 Å². The minimum Gasteiger partial charge on any atom is -0.493 e. The summed E-state index contributed by atoms with van der Waals surface area (Å²) in [6.07, 6.45) is 0. The molecule has 10 heteroatoms. The van der Waals surface area contributed by atoms with Gasteiger partial charge in [0.1, 0.15) is 0 Å². The highest BCUT2D eigenvalue weighted by Crippen LogP contribution is 2.44. The minimum absolute atomic E-state index is 0.649. The van der Waals surface area contributed by atoms with Crippen LogP contribution >= 0.6 is 0 Å². The summed E-state index contributed by atoms with van der Waals surface area (Å²) in [6, 6.07) is 22.1. The second kappa shape index (κ2) is 10.6. The zero-order chi connectivity index (χ0) is 26.7. The van der Waals surface area contributed by atoms with E-state index in [4.69, 9.17) is 42.0 Å². The van der Waals surface area contributed by atoms with Crippen LogP contribution < -0.4 is 37.6 Å². The summed E-state index contributed by atoms with van der Waals surface area (Å²) in [4.78, 5) is 0. The number of fused-ring (bicyclic) bond motifs is 5. The smallest absolute Gasteiger partial charge is 0.369 e. The molecule has 0 amide bonds. The molecule has 1 aromatic heterocycles. The van der Waals surface area contributed by atoms with Gasteiger partial charge in [0.05, 0.1) is 50.2 Å². The second-order valence-electron chi connectivity index (χ2n) is 7.80. The van der Waals surface area contributed by atoms with Crippen LogP contribution in [0.3, 0.4) is 0 Å². The van der Waals surface area contributed by atoms with Crippen LogP contribution in [0.5, 0.6) is 23.0 Å². The number of halogens is 1. The number of ether oxygens (including phenoxy) is 4. The van der Waals surface area contributed by atoms with Gasteiger partial charge in [0, 0.05) is 17.5 Å². The van der Waals surface area contributed by atoms with E-state index >= 15 is 0 Å². The number of methoxy groups -OCH3 is 4. The fourth-order valence-electron chi connectivity index (χ4n) is 4.20. The maximum absolute atomic E-state index is 8.49. The van der Waals surface area contributed by atoms with Crippen molar-refractivity contribution in [3.63, 3.8) is 0 Å². The number of hydrogen-bond donors (Lipinski definition) is 0. The zero-order valence-electron chi connectivity index (χ0n) is 20.4. The largest absolute Gasteiger partial charge is 0.493 e. The van der Waals surface area contributed by atoms with Crippen molar-refractivity contribution < 1.29 is 52.2 Å². The molecule has 4 aromatic carbocycles. The average Bonchev–Trinajstić information content (AvgIpc) is 2.90. The van der Waals surface area contributed by atoms with Gasteiger partial charge in [-0.25, -0.2) is 23.1 Å². The van der Waals surface area contributed by atoms with Gasteiger partial charge < -0.3 is 18.9 Å². The Bertz CT molecular complexity index is 1560. The number of hydrogen-bond acceptors (Lipinski definition) is 8. The highest BCUT2D eigenvalue weighted by molar-refractivity contribution is 6.17. The summed E-state index contributed by atoms with van der Waals surface area (Å²) in [5.74, 6) is 3.40. The van der Waals surface area contributed by atoms with Gasteiger partial charge in [-0.3, -0.25) is 0 Å². The van der Waals surface area contributed by atoms with Gasteiger partial charge in [-0.2, -0.15) is 0 Å². The van der Waals surface area contributed by atoms with E-state index in [2.05, 4.69) is 12.1 Å². The third kappa shape index (κ3) is 5.46. The minimum atomic E-state index is -4.94. The third-order valence-electron chi connectivity index (χ3n) is 5.77. The molecule has 5 rings (SSSR count). The summed E-state index contributed by atoms with van der Waals surface area (Å²) >= 11 is 0. The van der Waals surface area contributed by atoms with Gasteiger partial charge in [0.2, 0.25) is 0 Å². The molecular formula is C27H23ClO9. The topological polar surface area (TPSA) is 140 Å². The maximum Gasteiger partial charge on any atom is 0.369 e. The molecule has 0 spiro atoms. The molecule has 0 saturated carbocycles. The molecule has 9 nitrogen and oxygen atoms in total. The first kappa shape index (κ1) is 26.2. The van der Waals surface area contributed by atoms with Crippen molar-refractivity contribution in [1.82, 2.24) is 0 Å². The Balaban J connectivity index is 0.000000586. The fourth-order valence-corrected chi connectivity index (χ4v) is 4.20. The Morgan fingerprint density at radius 1 is 0.568 bits per heavy atom. The molecule has 0 aliphatic carbocycles. The molecule has 5 aromatic rings. The number of rotatable bonds is 5. The standard InChI is InChI=1S/C27H23O5.ClHO4/c1-28-22-12-17-10-11-18-20-14-24(30-3)25(31-4)15-21(20)26(16-8-6-5-7-9-16)32-27(18)19(17)13-23(22)29-2;2-1(3,4)5/h5-15H,1-4H3;(H,2,3,4,5)/q+1;/p-1. The lowest BCUT2D eigenvalue weighted by Crippen LogP contribution is -2.68. The van der Waals surface area contributed by atoms with Crippen molar-refractivity contribution in [2.24, 2.45) is 0 Å². The predicted octanol–water partition coefficient (Wildman–Crippen LogP) is 1.97. The molecule has 0 atom stereocenters. The molecule has 192 valence electrons. The molecule has 0 radical (unpaired) electrons. The highest BCUT2D eigenvalue weighted by atomic mass is 35.7. The molecule has 0 unspecified atom stereocenters. The molecule has 0 saturated heterocycles. The van der Waals surface area contributed by atoms with Gasteiger partial charge in [0.15, 0.2) is 23.0 Å². The second-order valence-corrected chi connectivity index (χ2v) is 8.55. The highest BCUT2D eigenvalue weighted by Gasteiger charge is 2.26. The van der Waals surface area contributed by atoms with E-state index in [0.29, 0.717) is 23.0 Å². The molecule has 0 N–H and O–H groups in total. The molecule has 1 heterocycles. The van der Waals surface area contributed by atoms with E-state index in [0.717, 1.165) is 43.8 Å². The molecule has 0 aliphatic heterocycles. The lowest BCUT2D eigenvalue weighted by Gasteiger charge is -2.17. The Morgan fingerprint density at radius 2 is 1.05 bits per heavy atom. The molecule has 0 bridgehead atoms. The zero-order valence-corrected chi connectivity index (χ0v) is 21.2. The van der Waals surface area contributed by atoms with E-state index in [1.165, 1.54) is 0 Å². The normalized spacial score (nSPS) is 11.2. The third-order valence-corrected chi connectivity index (χ3v) is 5.77. The van der Waals surface area contributed by atoms with E-state index < -0.39 is 10.2 Å². The molecule has 0 aliphatic rings. The first-order valence-electron chi connectivity index (χ1n) is 10.9. The van der Waals surface area contributed by atoms with Crippen LogP contribution in [-0.2, 0) is 0 Å². The first-order valence-corrected chi connectivity index (χ1v) is 12.1. The lowest BCUT2D eigenvalue weighted by molar-refractivity contribution is -2.00. The summed E-state index contributed by atoms with van der Waals surface area (Å²) in [5.41, 5.74) is 1.74. The predicted molar refractivity (Wildman–Crippen MR) is 127 cm³/mol. The van der Waals surface area contributed by atoms with Gasteiger partial charge in [-0.1, -0.05) is 24.3 Å². The summed E-state index contributed by atoms with van der Waals surface area (Å²) in [7, 11) is 1.60. The van der Waals surface area contributed by atoms with Crippen LogP contribution in [0.25, 0.3) is 43.8 Å². The molecule has 37 heavy (non-hydrogen) atoms. The van der Waals surface area contributed by atoms with Crippen LogP contribution in [0, 0.1) is 10.2 Å². The van der Waals surface area contributed by atoms with E-state index in [1.807, 2.05) is 54.6 Å². The van der Waals surface area contributed by atoms with Crippen LogP contribution in [0.1, 0.15) is 0 Å². The number of benzene rings is 4. The Hall–Kier alpha value is -3.86. The van der Waals surface area contributed by atoms with Crippen LogP contribution in [0.4, 0.5) is 0 Å². The molecule has 0 fully saturated rings. The van der Waals surface area contributed by atoms with Crippen molar-refractivity contribution in [3.05, 3.63) is 66.7 Å². The van der Waals surface area contributed by atoms with Crippen molar-refractivity contribution in [2.45, 2.75) is 0 Å². The van der Waals surface area contributed by atoms with E-state index in [9.17, 15) is 0 Å². The summed E-state index contributed by atoms with van der Waals surface area (Å²) in [6.45, 7) is 0. The van der Waals surface area contributed by atoms with Gasteiger partial charge in [-0.05, 0) is 35.7 Å². The van der Waals surface area contributed by atoms with Gasteiger partial charge >= 0.3 is 11.3 Å². The summed E-state index contributed by atoms with van der Waals surface area (Å²) in [5, 5.41) is 4.87. The van der Waals surface area contributed by atoms with Crippen LogP contribution in [0.15, 0.2) is 71.1 Å². The quantitative estimate of drug-likeness (QED) is 0.248. The SMILES string of the molecule is COc1cc2ccc3c4cc(OC)c(OC)cc4c(-c4ccccc4)[o+]c3c2cc1OC.[O-][Cl+3]([O-])([O-])[O-]. The van der Waals surface area contributed by atoms with Gasteiger partial charge in [0.25, 0.3) is 0 Å². The van der Waals surface area contributed by atoms with Crippen molar-refractivity contribution in [1.29, 1.82) is 0 Å². The van der Waals surface area contributed by atoms with Crippen LogP contribution in [0.2, 0.25) is 0 Å². The first-order chi connectivity index (χ1) is 17.7. The van der Waals surface area contributed by atoms with Crippen molar-refractivity contribution in [2.75, 3.05) is 28.4 Å². The summed E-state index contributed by atoms with van der Waals surface area (Å²) < 4.78 is 62.8. The fraction of sp³-hybridized carbons (Fsp3) is 0.148. The van der Waals surface area contributed by atoms with Gasteiger partial charge in [-0.15, -0.1) is 10.2 Å². The maximum atomic E-state index is 8.49. The lowest BCUT2D eigenvalue weighted by atomic mass is 9.98. The van der Waals surface area contributed by atoms with Crippen molar-refractivity contribution >= 4 is 32.5 Å². The van der Waals surface area contributed by atoms with Crippen molar-refractivity contribution in [3.8, 4) is 34.3 Å². The average molecular weight is 527 g/mol. The van der Waals surface area contributed by atoms with E-state index in [1.54, 1.807) is 28.4 Å². The monoisotopic (exact) mass is 526 g/mol. The Kier molecular flexibility index (Phi) is 7.53. The Labute approximate surface area is 214 Å². The van der Waals surface area contributed by atoms with E-state index in [-0.39, 0.29) is 0 Å². The Morgan fingerprint density at radius 3 is 1.59 bits per heavy atom.